The van der Waals surface area contributed by atoms with E-state index in [1.54, 1.807) is 43.3 Å². The fraction of sp³-hybridized carbons (Fsp3) is 0.143. The molecule has 1 aromatic heterocycles. The predicted octanol–water partition coefficient (Wildman–Crippen LogP) is 6.36. The molecule has 0 amide bonds. The molecule has 188 valence electrons. The van der Waals surface area contributed by atoms with Crippen molar-refractivity contribution in [3.8, 4) is 28.7 Å². The number of rotatable bonds is 6. The third-order valence-corrected chi connectivity index (χ3v) is 6.35. The molecule has 0 radical (unpaired) electrons. The zero-order valence-corrected chi connectivity index (χ0v) is 21.9. The van der Waals surface area contributed by atoms with Crippen molar-refractivity contribution in [1.82, 2.24) is 0 Å². The van der Waals surface area contributed by atoms with Gasteiger partial charge in [-0.1, -0.05) is 15.9 Å². The molecule has 0 N–H and O–H groups in total. The van der Waals surface area contributed by atoms with E-state index in [1.165, 1.54) is 27.4 Å². The minimum Gasteiger partial charge on any atom is -0.493 e. The first-order chi connectivity index (χ1) is 17.8. The Morgan fingerprint density at radius 1 is 0.946 bits per heavy atom. The molecule has 0 bridgehead atoms. The van der Waals surface area contributed by atoms with Crippen molar-refractivity contribution in [1.29, 1.82) is 0 Å². The van der Waals surface area contributed by atoms with Crippen molar-refractivity contribution >= 4 is 44.7 Å². The summed E-state index contributed by atoms with van der Waals surface area (Å²) in [5.41, 5.74) is 2.12. The topological polar surface area (TPSA) is 93.4 Å². The number of furan rings is 1. The van der Waals surface area contributed by atoms with Crippen molar-refractivity contribution in [2.45, 2.75) is 6.92 Å². The summed E-state index contributed by atoms with van der Waals surface area (Å²) >= 11 is 3.40. The highest BCUT2D eigenvalue weighted by atomic mass is 79.9. The van der Waals surface area contributed by atoms with Crippen LogP contribution in [0.5, 0.6) is 28.7 Å². The Bertz CT molecular complexity index is 1600. The van der Waals surface area contributed by atoms with Crippen molar-refractivity contribution in [3.63, 3.8) is 0 Å². The highest BCUT2D eigenvalue weighted by Gasteiger charge is 2.31. The third-order valence-electron chi connectivity index (χ3n) is 5.85. The second kappa shape index (κ2) is 9.67. The molecular formula is C28H21BrO8. The number of hydrogen-bond acceptors (Lipinski definition) is 8. The lowest BCUT2D eigenvalue weighted by molar-refractivity contribution is 0.0703. The van der Waals surface area contributed by atoms with Crippen LogP contribution in [0.15, 0.2) is 63.2 Å². The molecule has 0 atom stereocenters. The smallest absolute Gasteiger partial charge is 0.379 e. The number of allylic oxidation sites excluding steroid dienone is 1. The quantitative estimate of drug-likeness (QED) is 0.151. The molecule has 4 aromatic rings. The number of benzene rings is 3. The standard InChI is InChI=1S/C28H21BrO8/c1-14-9-18(35-28(31)23-12-16-10-17(29)6-8-19(16)36-23)13-21-24(14)25(30)22(37-21)11-15-5-7-20(32-2)27(34-4)26(15)33-3/h5-13H,1-4H3/b22-11-. The molecule has 2 heterocycles. The van der Waals surface area contributed by atoms with E-state index in [0.29, 0.717) is 39.5 Å². The highest BCUT2D eigenvalue weighted by molar-refractivity contribution is 9.10. The van der Waals surface area contributed by atoms with Crippen LogP contribution in [0.4, 0.5) is 0 Å². The summed E-state index contributed by atoms with van der Waals surface area (Å²) in [6, 6.07) is 13.6. The Morgan fingerprint density at radius 3 is 2.46 bits per heavy atom. The largest absolute Gasteiger partial charge is 0.493 e. The van der Waals surface area contributed by atoms with Crippen LogP contribution in [-0.4, -0.2) is 33.1 Å². The molecule has 9 heteroatoms. The highest BCUT2D eigenvalue weighted by Crippen LogP contribution is 2.43. The van der Waals surface area contributed by atoms with Crippen molar-refractivity contribution in [3.05, 3.63) is 81.2 Å². The van der Waals surface area contributed by atoms with Crippen LogP contribution in [0.3, 0.4) is 0 Å². The summed E-state index contributed by atoms with van der Waals surface area (Å²) in [5, 5.41) is 0.765. The van der Waals surface area contributed by atoms with Crippen LogP contribution in [0, 0.1) is 6.92 Å². The average Bonchev–Trinajstić information content (AvgIpc) is 3.44. The number of methoxy groups -OCH3 is 3. The van der Waals surface area contributed by atoms with Crippen molar-refractivity contribution in [2.75, 3.05) is 21.3 Å². The summed E-state index contributed by atoms with van der Waals surface area (Å²) in [6.45, 7) is 1.75. The van der Waals surface area contributed by atoms with Crippen LogP contribution in [-0.2, 0) is 0 Å². The number of esters is 1. The van der Waals surface area contributed by atoms with Gasteiger partial charge < -0.3 is 28.1 Å². The lowest BCUT2D eigenvalue weighted by Crippen LogP contribution is -2.07. The van der Waals surface area contributed by atoms with Gasteiger partial charge in [0.25, 0.3) is 0 Å². The Kier molecular flexibility index (Phi) is 6.39. The molecule has 5 rings (SSSR count). The predicted molar refractivity (Wildman–Crippen MR) is 139 cm³/mol. The number of hydrogen-bond donors (Lipinski definition) is 0. The minimum atomic E-state index is -0.665. The van der Waals surface area contributed by atoms with Gasteiger partial charge in [0.2, 0.25) is 17.3 Å². The number of halogens is 1. The molecule has 1 aliphatic rings. The van der Waals surface area contributed by atoms with E-state index in [1.807, 2.05) is 12.1 Å². The lowest BCUT2D eigenvalue weighted by atomic mass is 10.0. The summed E-state index contributed by atoms with van der Waals surface area (Å²) < 4.78 is 34.2. The molecule has 1 aliphatic heterocycles. The second-order valence-corrected chi connectivity index (χ2v) is 9.07. The van der Waals surface area contributed by atoms with Gasteiger partial charge in [0.05, 0.1) is 26.9 Å². The lowest BCUT2D eigenvalue weighted by Gasteiger charge is -2.14. The van der Waals surface area contributed by atoms with Gasteiger partial charge in [0, 0.05) is 21.5 Å². The Balaban J connectivity index is 1.43. The first-order valence-corrected chi connectivity index (χ1v) is 11.9. The van der Waals surface area contributed by atoms with Gasteiger partial charge in [-0.05, 0) is 61.0 Å². The molecule has 0 saturated carbocycles. The Labute approximate surface area is 220 Å². The summed E-state index contributed by atoms with van der Waals surface area (Å²) in [5.74, 6) is 0.971. The van der Waals surface area contributed by atoms with E-state index in [-0.39, 0.29) is 28.8 Å². The van der Waals surface area contributed by atoms with Gasteiger partial charge in [-0.3, -0.25) is 4.79 Å². The molecule has 0 aliphatic carbocycles. The van der Waals surface area contributed by atoms with E-state index < -0.39 is 5.97 Å². The van der Waals surface area contributed by atoms with Gasteiger partial charge in [-0.2, -0.15) is 0 Å². The monoisotopic (exact) mass is 564 g/mol. The zero-order chi connectivity index (χ0) is 26.3. The fourth-order valence-electron chi connectivity index (χ4n) is 4.19. The van der Waals surface area contributed by atoms with E-state index in [9.17, 15) is 9.59 Å². The van der Waals surface area contributed by atoms with Gasteiger partial charge in [-0.25, -0.2) is 4.79 Å². The molecule has 0 spiro atoms. The molecule has 0 saturated heterocycles. The Morgan fingerprint density at radius 2 is 1.73 bits per heavy atom. The Hall–Kier alpha value is -4.24. The third kappa shape index (κ3) is 4.42. The first kappa shape index (κ1) is 24.5. The SMILES string of the molecule is COc1ccc(/C=C2\Oc3cc(OC(=O)c4cc5cc(Br)ccc5o4)cc(C)c3C2=O)c(OC)c1OC. The number of ketones is 1. The van der Waals surface area contributed by atoms with Crippen LogP contribution < -0.4 is 23.7 Å². The van der Waals surface area contributed by atoms with Crippen LogP contribution >= 0.6 is 15.9 Å². The number of carbonyl (C=O) groups is 2. The second-order valence-electron chi connectivity index (χ2n) is 8.16. The molecule has 8 nitrogen and oxygen atoms in total. The van der Waals surface area contributed by atoms with E-state index in [2.05, 4.69) is 15.9 Å². The van der Waals surface area contributed by atoms with Gasteiger partial charge in [-0.15, -0.1) is 0 Å². The van der Waals surface area contributed by atoms with E-state index in [0.717, 1.165) is 9.86 Å². The van der Waals surface area contributed by atoms with Crippen molar-refractivity contribution < 1.29 is 37.7 Å². The molecule has 37 heavy (non-hydrogen) atoms. The minimum absolute atomic E-state index is 0.0596. The summed E-state index contributed by atoms with van der Waals surface area (Å²) in [7, 11) is 4.52. The van der Waals surface area contributed by atoms with Gasteiger partial charge >= 0.3 is 5.97 Å². The normalized spacial score (nSPS) is 13.4. The molecular weight excluding hydrogens is 544 g/mol. The zero-order valence-electron chi connectivity index (χ0n) is 20.3. The number of aryl methyl sites for hydroxylation is 1. The van der Waals surface area contributed by atoms with Crippen LogP contribution in [0.1, 0.15) is 32.0 Å². The van der Waals surface area contributed by atoms with Gasteiger partial charge in [0.15, 0.2) is 17.3 Å². The van der Waals surface area contributed by atoms with E-state index in [4.69, 9.17) is 28.1 Å². The maximum absolute atomic E-state index is 13.2. The maximum Gasteiger partial charge on any atom is 0.379 e. The number of fused-ring (bicyclic) bond motifs is 2. The summed E-state index contributed by atoms with van der Waals surface area (Å²) in [6.07, 6.45) is 1.57. The number of ether oxygens (including phenoxy) is 5. The van der Waals surface area contributed by atoms with E-state index >= 15 is 0 Å². The first-order valence-electron chi connectivity index (χ1n) is 11.1. The van der Waals surface area contributed by atoms with Crippen molar-refractivity contribution in [2.24, 2.45) is 0 Å². The van der Waals surface area contributed by atoms with Gasteiger partial charge in [0.1, 0.15) is 17.1 Å². The molecule has 0 fully saturated rings. The molecule has 0 unspecified atom stereocenters. The van der Waals surface area contributed by atoms with Crippen LogP contribution in [0.25, 0.3) is 17.0 Å². The van der Waals surface area contributed by atoms with Crippen LogP contribution in [0.2, 0.25) is 0 Å². The fourth-order valence-corrected chi connectivity index (χ4v) is 4.57. The number of Topliss-reactive ketones (excluding diaryl/α,β-unsaturated/α-hetero) is 1. The molecule has 3 aromatic carbocycles. The average molecular weight is 565 g/mol. The number of carbonyl (C=O) groups excluding carboxylic acids is 2. The maximum atomic E-state index is 13.2. The summed E-state index contributed by atoms with van der Waals surface area (Å²) in [4.78, 5) is 25.9.